The first-order chi connectivity index (χ1) is 8.04. The van der Waals surface area contributed by atoms with Crippen LogP contribution in [-0.4, -0.2) is 24.4 Å². The summed E-state index contributed by atoms with van der Waals surface area (Å²) in [5, 5.41) is 0. The Bertz CT molecular complexity index is 395. The van der Waals surface area contributed by atoms with Gasteiger partial charge in [0.2, 0.25) is 5.91 Å². The van der Waals surface area contributed by atoms with E-state index in [0.29, 0.717) is 5.56 Å². The molecule has 0 radical (unpaired) electrons. The SMILES string of the molecule is CCCCN(C)C(=O)Cc1cc(Br)ccc1F. The number of rotatable bonds is 5. The second kappa shape index (κ2) is 6.74. The fourth-order valence-corrected chi connectivity index (χ4v) is 1.91. The molecular weight excluding hydrogens is 285 g/mol. The summed E-state index contributed by atoms with van der Waals surface area (Å²) in [4.78, 5) is 13.5. The average Bonchev–Trinajstić information content (AvgIpc) is 2.30. The highest BCUT2D eigenvalue weighted by Gasteiger charge is 2.12. The van der Waals surface area contributed by atoms with Crippen LogP contribution in [0.2, 0.25) is 0 Å². The van der Waals surface area contributed by atoms with E-state index >= 15 is 0 Å². The predicted molar refractivity (Wildman–Crippen MR) is 70.3 cm³/mol. The minimum Gasteiger partial charge on any atom is -0.345 e. The van der Waals surface area contributed by atoms with Crippen molar-refractivity contribution in [2.75, 3.05) is 13.6 Å². The van der Waals surface area contributed by atoms with Gasteiger partial charge in [0.1, 0.15) is 5.82 Å². The summed E-state index contributed by atoms with van der Waals surface area (Å²) in [5.41, 5.74) is 0.438. The van der Waals surface area contributed by atoms with E-state index in [1.807, 2.05) is 0 Å². The second-order valence-corrected chi connectivity index (χ2v) is 5.00. The summed E-state index contributed by atoms with van der Waals surface area (Å²) < 4.78 is 14.2. The zero-order valence-corrected chi connectivity index (χ0v) is 11.8. The second-order valence-electron chi connectivity index (χ2n) is 4.08. The summed E-state index contributed by atoms with van der Waals surface area (Å²) in [7, 11) is 1.76. The van der Waals surface area contributed by atoms with Gasteiger partial charge in [0.05, 0.1) is 6.42 Å². The molecule has 0 aliphatic rings. The van der Waals surface area contributed by atoms with E-state index in [2.05, 4.69) is 22.9 Å². The molecule has 0 bridgehead atoms. The molecule has 0 heterocycles. The van der Waals surface area contributed by atoms with Crippen LogP contribution in [0.4, 0.5) is 4.39 Å². The molecule has 1 rings (SSSR count). The van der Waals surface area contributed by atoms with Gasteiger partial charge in [0, 0.05) is 18.1 Å². The van der Waals surface area contributed by atoms with E-state index in [9.17, 15) is 9.18 Å². The molecule has 0 saturated heterocycles. The quantitative estimate of drug-likeness (QED) is 0.816. The van der Waals surface area contributed by atoms with Crippen LogP contribution in [0.1, 0.15) is 25.3 Å². The van der Waals surface area contributed by atoms with Crippen LogP contribution in [-0.2, 0) is 11.2 Å². The number of benzene rings is 1. The fourth-order valence-electron chi connectivity index (χ4n) is 1.50. The van der Waals surface area contributed by atoms with Crippen molar-refractivity contribution in [2.45, 2.75) is 26.2 Å². The molecule has 1 aromatic rings. The van der Waals surface area contributed by atoms with Gasteiger partial charge < -0.3 is 4.90 Å². The fraction of sp³-hybridized carbons (Fsp3) is 0.462. The molecule has 0 N–H and O–H groups in total. The van der Waals surface area contributed by atoms with Gasteiger partial charge in [-0.1, -0.05) is 29.3 Å². The van der Waals surface area contributed by atoms with E-state index in [0.717, 1.165) is 23.9 Å². The number of amides is 1. The van der Waals surface area contributed by atoms with Gasteiger partial charge >= 0.3 is 0 Å². The molecule has 1 aromatic carbocycles. The van der Waals surface area contributed by atoms with Gasteiger partial charge in [-0.2, -0.15) is 0 Å². The third-order valence-electron chi connectivity index (χ3n) is 2.62. The maximum absolute atomic E-state index is 13.5. The maximum atomic E-state index is 13.5. The molecule has 4 heteroatoms. The Morgan fingerprint density at radius 2 is 2.18 bits per heavy atom. The van der Waals surface area contributed by atoms with Gasteiger partial charge in [-0.25, -0.2) is 4.39 Å². The molecule has 2 nitrogen and oxygen atoms in total. The van der Waals surface area contributed by atoms with Crippen LogP contribution in [0.25, 0.3) is 0 Å². The van der Waals surface area contributed by atoms with Crippen molar-refractivity contribution in [3.05, 3.63) is 34.1 Å². The molecule has 0 aromatic heterocycles. The monoisotopic (exact) mass is 301 g/mol. The van der Waals surface area contributed by atoms with E-state index in [1.165, 1.54) is 6.07 Å². The number of carbonyl (C=O) groups excluding carboxylic acids is 1. The Morgan fingerprint density at radius 1 is 1.47 bits per heavy atom. The number of carbonyl (C=O) groups is 1. The largest absolute Gasteiger partial charge is 0.345 e. The first-order valence-electron chi connectivity index (χ1n) is 5.72. The van der Waals surface area contributed by atoms with Crippen LogP contribution in [0.15, 0.2) is 22.7 Å². The predicted octanol–water partition coefficient (Wildman–Crippen LogP) is 3.39. The zero-order chi connectivity index (χ0) is 12.8. The summed E-state index contributed by atoms with van der Waals surface area (Å²) in [6, 6.07) is 4.66. The lowest BCUT2D eigenvalue weighted by Gasteiger charge is -2.16. The molecular formula is C13H17BrFNO. The van der Waals surface area contributed by atoms with E-state index < -0.39 is 0 Å². The van der Waals surface area contributed by atoms with E-state index in [-0.39, 0.29) is 18.1 Å². The Balaban J connectivity index is 2.64. The summed E-state index contributed by atoms with van der Waals surface area (Å²) in [6.45, 7) is 2.80. The Labute approximate surface area is 110 Å². The number of hydrogen-bond donors (Lipinski definition) is 0. The first kappa shape index (κ1) is 14.2. The van der Waals surface area contributed by atoms with Gasteiger partial charge in [0.25, 0.3) is 0 Å². The van der Waals surface area contributed by atoms with Crippen LogP contribution >= 0.6 is 15.9 Å². The van der Waals surface area contributed by atoms with Gasteiger partial charge in [-0.15, -0.1) is 0 Å². The van der Waals surface area contributed by atoms with Gasteiger partial charge in [-0.05, 0) is 30.2 Å². The minimum atomic E-state index is -0.328. The lowest BCUT2D eigenvalue weighted by molar-refractivity contribution is -0.129. The van der Waals surface area contributed by atoms with Crippen molar-refractivity contribution in [3.8, 4) is 0 Å². The molecule has 0 spiro atoms. The third-order valence-corrected chi connectivity index (χ3v) is 3.12. The topological polar surface area (TPSA) is 20.3 Å². The molecule has 0 aliphatic heterocycles. The van der Waals surface area contributed by atoms with Crippen molar-refractivity contribution in [1.29, 1.82) is 0 Å². The molecule has 0 saturated carbocycles. The Kier molecular flexibility index (Phi) is 5.62. The van der Waals surface area contributed by atoms with Crippen LogP contribution < -0.4 is 0 Å². The van der Waals surface area contributed by atoms with E-state index in [1.54, 1.807) is 24.1 Å². The molecule has 0 atom stereocenters. The maximum Gasteiger partial charge on any atom is 0.226 e. The number of likely N-dealkylation sites (N-methyl/N-ethyl adjacent to an activating group) is 1. The Morgan fingerprint density at radius 3 is 2.82 bits per heavy atom. The smallest absolute Gasteiger partial charge is 0.226 e. The minimum absolute atomic E-state index is 0.0459. The lowest BCUT2D eigenvalue weighted by atomic mass is 10.1. The van der Waals surface area contributed by atoms with Crippen LogP contribution in [0, 0.1) is 5.82 Å². The van der Waals surface area contributed by atoms with Crippen LogP contribution in [0.3, 0.4) is 0 Å². The molecule has 1 amide bonds. The average molecular weight is 302 g/mol. The number of halogens is 2. The Hall–Kier alpha value is -0.900. The highest BCUT2D eigenvalue weighted by Crippen LogP contribution is 2.16. The van der Waals surface area contributed by atoms with Gasteiger partial charge in [0.15, 0.2) is 0 Å². The molecule has 0 unspecified atom stereocenters. The first-order valence-corrected chi connectivity index (χ1v) is 6.51. The highest BCUT2D eigenvalue weighted by atomic mass is 79.9. The lowest BCUT2D eigenvalue weighted by Crippen LogP contribution is -2.29. The van der Waals surface area contributed by atoms with E-state index in [4.69, 9.17) is 0 Å². The third kappa shape index (κ3) is 4.46. The van der Waals surface area contributed by atoms with Crippen molar-refractivity contribution >= 4 is 21.8 Å². The number of nitrogens with zero attached hydrogens (tertiary/aromatic N) is 1. The van der Waals surface area contributed by atoms with Crippen molar-refractivity contribution in [1.82, 2.24) is 4.90 Å². The van der Waals surface area contributed by atoms with Crippen molar-refractivity contribution in [3.63, 3.8) is 0 Å². The van der Waals surface area contributed by atoms with Crippen molar-refractivity contribution < 1.29 is 9.18 Å². The summed E-state index contributed by atoms with van der Waals surface area (Å²) in [6.07, 6.45) is 2.14. The van der Waals surface area contributed by atoms with Gasteiger partial charge in [-0.3, -0.25) is 4.79 Å². The van der Waals surface area contributed by atoms with Crippen LogP contribution in [0.5, 0.6) is 0 Å². The number of unbranched alkanes of at least 4 members (excludes halogenated alkanes) is 1. The number of hydrogen-bond acceptors (Lipinski definition) is 1. The standard InChI is InChI=1S/C13H17BrFNO/c1-3-4-7-16(2)13(17)9-10-8-11(14)5-6-12(10)15/h5-6,8H,3-4,7,9H2,1-2H3. The molecule has 94 valence electrons. The molecule has 0 fully saturated rings. The highest BCUT2D eigenvalue weighted by molar-refractivity contribution is 9.10. The molecule has 17 heavy (non-hydrogen) atoms. The molecule has 0 aliphatic carbocycles. The summed E-state index contributed by atoms with van der Waals surface area (Å²) in [5.74, 6) is -0.374. The normalized spacial score (nSPS) is 10.4. The summed E-state index contributed by atoms with van der Waals surface area (Å²) >= 11 is 3.27. The zero-order valence-electron chi connectivity index (χ0n) is 10.2. The van der Waals surface area contributed by atoms with Crippen molar-refractivity contribution in [2.24, 2.45) is 0 Å².